The van der Waals surface area contributed by atoms with E-state index < -0.39 is 0 Å². The minimum absolute atomic E-state index is 0.866. The average molecular weight is 408 g/mol. The van der Waals surface area contributed by atoms with Crippen molar-refractivity contribution in [2.75, 3.05) is 5.75 Å². The van der Waals surface area contributed by atoms with Gasteiger partial charge >= 0.3 is 0 Å². The van der Waals surface area contributed by atoms with Crippen LogP contribution in [0.4, 0.5) is 0 Å². The van der Waals surface area contributed by atoms with E-state index in [0.717, 1.165) is 32.1 Å². The second-order valence-electron chi connectivity index (χ2n) is 5.79. The molecule has 0 aliphatic carbocycles. The molecule has 0 unspecified atom stereocenters. The molecule has 0 spiro atoms. The maximum atomic E-state index is 4.69. The first-order valence-electron chi connectivity index (χ1n) is 8.49. The fourth-order valence-electron chi connectivity index (χ4n) is 2.54. The highest BCUT2D eigenvalue weighted by Crippen LogP contribution is 2.36. The molecule has 0 saturated carbocycles. The lowest BCUT2D eigenvalue weighted by atomic mass is 10.2. The average Bonchev–Trinajstić information content (AvgIpc) is 3.36. The number of thiophene rings is 1. The lowest BCUT2D eigenvalue weighted by Gasteiger charge is -1.99. The van der Waals surface area contributed by atoms with Crippen LogP contribution in [0.1, 0.15) is 11.3 Å². The summed E-state index contributed by atoms with van der Waals surface area (Å²) >= 11 is 5.06. The molecule has 0 bridgehead atoms. The highest BCUT2D eigenvalue weighted by molar-refractivity contribution is 7.99. The minimum atomic E-state index is 0.866. The van der Waals surface area contributed by atoms with Crippen LogP contribution >= 0.6 is 34.4 Å². The molecule has 0 radical (unpaired) electrons. The number of hydrogen-bond donors (Lipinski definition) is 0. The second kappa shape index (κ2) is 8.61. The zero-order valence-corrected chi connectivity index (χ0v) is 17.2. The van der Waals surface area contributed by atoms with Crippen LogP contribution < -0.4 is 0 Å². The van der Waals surface area contributed by atoms with Crippen molar-refractivity contribution in [3.8, 4) is 20.5 Å². The molecule has 0 aliphatic rings. The lowest BCUT2D eigenvalue weighted by Crippen LogP contribution is -1.89. The predicted octanol–water partition coefficient (Wildman–Crippen LogP) is 6.44. The van der Waals surface area contributed by atoms with Crippen LogP contribution in [0.15, 0.2) is 71.1 Å². The van der Waals surface area contributed by atoms with Gasteiger partial charge in [0.25, 0.3) is 0 Å². The number of rotatable bonds is 6. The molecule has 0 aliphatic heterocycles. The van der Waals surface area contributed by atoms with Gasteiger partial charge in [-0.25, -0.2) is 4.98 Å². The molecule has 0 N–H and O–H groups in total. The molecule has 0 fully saturated rings. The summed E-state index contributed by atoms with van der Waals surface area (Å²) in [5.41, 5.74) is 3.10. The van der Waals surface area contributed by atoms with Crippen LogP contribution in [0.5, 0.6) is 0 Å². The molecule has 0 amide bonds. The van der Waals surface area contributed by atoms with Gasteiger partial charge in [0.2, 0.25) is 0 Å². The smallest absolute Gasteiger partial charge is 0.134 e. The second-order valence-corrected chi connectivity index (χ2v) is 8.78. The molecule has 0 atom stereocenters. The monoisotopic (exact) mass is 407 g/mol. The Morgan fingerprint density at radius 3 is 2.63 bits per heavy atom. The molecule has 6 heteroatoms. The van der Waals surface area contributed by atoms with Gasteiger partial charge in [0, 0.05) is 5.75 Å². The van der Waals surface area contributed by atoms with E-state index in [2.05, 4.69) is 57.0 Å². The van der Waals surface area contributed by atoms with Gasteiger partial charge in [-0.15, -0.1) is 44.6 Å². The van der Waals surface area contributed by atoms with Gasteiger partial charge in [0.05, 0.1) is 15.4 Å². The van der Waals surface area contributed by atoms with E-state index in [-0.39, 0.29) is 0 Å². The van der Waals surface area contributed by atoms with Gasteiger partial charge < -0.3 is 0 Å². The van der Waals surface area contributed by atoms with E-state index in [9.17, 15) is 0 Å². The molecular weight excluding hydrogens is 390 g/mol. The van der Waals surface area contributed by atoms with Crippen molar-refractivity contribution < 1.29 is 0 Å². The summed E-state index contributed by atoms with van der Waals surface area (Å²) in [6.07, 6.45) is 4.28. The quantitative estimate of drug-likeness (QED) is 0.345. The van der Waals surface area contributed by atoms with E-state index in [1.165, 1.54) is 10.4 Å². The third-order valence-electron chi connectivity index (χ3n) is 3.84. The summed E-state index contributed by atoms with van der Waals surface area (Å²) in [7, 11) is 0. The Balaban J connectivity index is 1.41. The molecule has 3 aromatic heterocycles. The zero-order valence-electron chi connectivity index (χ0n) is 14.7. The van der Waals surface area contributed by atoms with Gasteiger partial charge in [-0.05, 0) is 36.1 Å². The van der Waals surface area contributed by atoms with Crippen LogP contribution in [-0.4, -0.2) is 20.9 Å². The fourth-order valence-corrected chi connectivity index (χ4v) is 4.99. The van der Waals surface area contributed by atoms with Crippen molar-refractivity contribution in [3.05, 3.63) is 77.3 Å². The van der Waals surface area contributed by atoms with Gasteiger partial charge in [-0.3, -0.25) is 0 Å². The Hall–Kier alpha value is -2.28. The number of thiazole rings is 1. The molecule has 4 rings (SSSR count). The minimum Gasteiger partial charge on any atom is -0.240 e. The number of nitrogens with zero attached hydrogens (tertiary/aromatic N) is 3. The molecular formula is C21H17N3S3. The van der Waals surface area contributed by atoms with E-state index in [0.29, 0.717) is 0 Å². The number of aryl methyl sites for hydroxylation is 1. The summed E-state index contributed by atoms with van der Waals surface area (Å²) in [6.45, 7) is 2.03. The normalized spacial score (nSPS) is 11.3. The Morgan fingerprint density at radius 1 is 1.00 bits per heavy atom. The number of aromatic nitrogens is 3. The van der Waals surface area contributed by atoms with Gasteiger partial charge in [-0.2, -0.15) is 0 Å². The number of benzene rings is 1. The highest BCUT2D eigenvalue weighted by Gasteiger charge is 2.13. The van der Waals surface area contributed by atoms with Crippen LogP contribution in [-0.2, 0) is 0 Å². The van der Waals surface area contributed by atoms with Crippen molar-refractivity contribution in [2.24, 2.45) is 0 Å². The topological polar surface area (TPSA) is 38.7 Å². The van der Waals surface area contributed by atoms with Crippen LogP contribution in [0.2, 0.25) is 0 Å². The standard InChI is InChI=1S/C21H17N3S3/c1-15-20(27-21(22-15)18-10-6-13-25-18)17-11-12-19(24-23-17)26-14-5-9-16-7-3-2-4-8-16/h2-13H,14H2,1H3/b9-5+. The molecule has 3 nitrogen and oxygen atoms in total. The number of thioether (sulfide) groups is 1. The van der Waals surface area contributed by atoms with Crippen molar-refractivity contribution in [1.29, 1.82) is 0 Å². The van der Waals surface area contributed by atoms with Crippen molar-refractivity contribution in [1.82, 2.24) is 15.2 Å². The van der Waals surface area contributed by atoms with Crippen molar-refractivity contribution in [3.63, 3.8) is 0 Å². The summed E-state index contributed by atoms with van der Waals surface area (Å²) in [6, 6.07) is 18.5. The first-order chi connectivity index (χ1) is 13.3. The van der Waals surface area contributed by atoms with E-state index in [4.69, 9.17) is 0 Å². The van der Waals surface area contributed by atoms with Gasteiger partial charge in [0.15, 0.2) is 0 Å². The summed E-state index contributed by atoms with van der Waals surface area (Å²) in [5, 5.41) is 12.8. The molecule has 3 heterocycles. The van der Waals surface area contributed by atoms with E-state index in [1.807, 2.05) is 37.3 Å². The van der Waals surface area contributed by atoms with Gasteiger partial charge in [0.1, 0.15) is 15.7 Å². The molecule has 4 aromatic rings. The van der Waals surface area contributed by atoms with Crippen molar-refractivity contribution >= 4 is 40.5 Å². The lowest BCUT2D eigenvalue weighted by molar-refractivity contribution is 0.937. The third kappa shape index (κ3) is 4.53. The van der Waals surface area contributed by atoms with Gasteiger partial charge in [-0.1, -0.05) is 48.6 Å². The Kier molecular flexibility index (Phi) is 5.77. The Bertz CT molecular complexity index is 1020. The zero-order chi connectivity index (χ0) is 18.5. The van der Waals surface area contributed by atoms with Crippen LogP contribution in [0.25, 0.3) is 26.5 Å². The van der Waals surface area contributed by atoms with Crippen LogP contribution in [0.3, 0.4) is 0 Å². The molecule has 27 heavy (non-hydrogen) atoms. The van der Waals surface area contributed by atoms with Crippen molar-refractivity contribution in [2.45, 2.75) is 11.9 Å². The Labute approximate surface area is 170 Å². The highest BCUT2D eigenvalue weighted by atomic mass is 32.2. The van der Waals surface area contributed by atoms with Crippen LogP contribution in [0, 0.1) is 6.92 Å². The third-order valence-corrected chi connectivity index (χ3v) is 6.93. The number of hydrogen-bond acceptors (Lipinski definition) is 6. The molecule has 0 saturated heterocycles. The molecule has 1 aromatic carbocycles. The maximum absolute atomic E-state index is 4.69. The SMILES string of the molecule is Cc1nc(-c2cccs2)sc1-c1ccc(SC/C=C/c2ccccc2)nn1. The summed E-state index contributed by atoms with van der Waals surface area (Å²) in [5.74, 6) is 0.866. The predicted molar refractivity (Wildman–Crippen MR) is 117 cm³/mol. The summed E-state index contributed by atoms with van der Waals surface area (Å²) in [4.78, 5) is 6.97. The van der Waals surface area contributed by atoms with E-state index in [1.54, 1.807) is 34.4 Å². The fraction of sp³-hybridized carbons (Fsp3) is 0.0952. The first kappa shape index (κ1) is 18.1. The largest absolute Gasteiger partial charge is 0.240 e. The maximum Gasteiger partial charge on any atom is 0.134 e. The van der Waals surface area contributed by atoms with E-state index >= 15 is 0 Å². The first-order valence-corrected chi connectivity index (χ1v) is 11.2. The summed E-state index contributed by atoms with van der Waals surface area (Å²) < 4.78 is 0. The molecule has 134 valence electrons. The Morgan fingerprint density at radius 2 is 1.89 bits per heavy atom.